The van der Waals surface area contributed by atoms with E-state index in [4.69, 9.17) is 15.6 Å². The van der Waals surface area contributed by atoms with Crippen molar-refractivity contribution in [1.29, 1.82) is 0 Å². The number of hydrogen-bond donors (Lipinski definition) is 1. The van der Waals surface area contributed by atoms with E-state index >= 15 is 0 Å². The quantitative estimate of drug-likeness (QED) is 0.759. The van der Waals surface area contributed by atoms with E-state index in [1.807, 2.05) is 59.5 Å². The van der Waals surface area contributed by atoms with Crippen LogP contribution < -0.4 is 10.5 Å². The van der Waals surface area contributed by atoms with Crippen molar-refractivity contribution in [2.45, 2.75) is 18.9 Å². The number of amides is 1. The lowest BCUT2D eigenvalue weighted by atomic mass is 10.0. The minimum atomic E-state index is -0.0433. The van der Waals surface area contributed by atoms with E-state index in [2.05, 4.69) is 0 Å². The van der Waals surface area contributed by atoms with Gasteiger partial charge < -0.3 is 15.4 Å². The Balaban J connectivity index is 1.81. The number of nitrogens with zero attached hydrogens (tertiary/aromatic N) is 3. The molecule has 4 rings (SSSR count). The van der Waals surface area contributed by atoms with Crippen LogP contribution in [0.4, 0.5) is 0 Å². The number of likely N-dealkylation sites (tertiary alicyclic amines) is 1. The highest BCUT2D eigenvalue weighted by molar-refractivity contribution is 6.00. The molecule has 1 aromatic heterocycles. The molecule has 1 amide bonds. The highest BCUT2D eigenvalue weighted by Gasteiger charge is 2.27. The van der Waals surface area contributed by atoms with Crippen LogP contribution >= 0.6 is 0 Å². The van der Waals surface area contributed by atoms with Crippen LogP contribution in [0.2, 0.25) is 0 Å². The number of nitrogens with two attached hydrogens (primary N) is 1. The number of ether oxygens (including phenoxy) is 1. The van der Waals surface area contributed by atoms with Gasteiger partial charge in [-0.2, -0.15) is 5.10 Å². The van der Waals surface area contributed by atoms with Crippen molar-refractivity contribution in [3.05, 3.63) is 66.4 Å². The molecular formula is C22H24N4O2. The summed E-state index contributed by atoms with van der Waals surface area (Å²) in [6.07, 6.45) is 3.68. The number of para-hydroxylation sites is 2. The standard InChI is InChI=1S/C22H24N4O2/c1-28-20-12-6-5-11-18(20)21-19(22(27)25-13-7-8-16(23)14-25)15-26(24-21)17-9-3-2-4-10-17/h2-6,9-12,15-16H,7-8,13-14,23H2,1H3. The molecule has 0 aliphatic carbocycles. The number of aromatic nitrogens is 2. The number of methoxy groups -OCH3 is 1. The van der Waals surface area contributed by atoms with Crippen LogP contribution in [0.25, 0.3) is 16.9 Å². The van der Waals surface area contributed by atoms with Crippen LogP contribution in [0.15, 0.2) is 60.8 Å². The predicted molar refractivity (Wildman–Crippen MR) is 109 cm³/mol. The van der Waals surface area contributed by atoms with Gasteiger partial charge in [0, 0.05) is 30.9 Å². The Morgan fingerprint density at radius 2 is 1.89 bits per heavy atom. The summed E-state index contributed by atoms with van der Waals surface area (Å²) >= 11 is 0. The monoisotopic (exact) mass is 376 g/mol. The molecule has 0 radical (unpaired) electrons. The highest BCUT2D eigenvalue weighted by atomic mass is 16.5. The van der Waals surface area contributed by atoms with E-state index in [9.17, 15) is 4.79 Å². The zero-order chi connectivity index (χ0) is 19.5. The second kappa shape index (κ2) is 7.86. The molecule has 1 aliphatic rings. The third kappa shape index (κ3) is 3.51. The first-order valence-electron chi connectivity index (χ1n) is 9.50. The fraction of sp³-hybridized carbons (Fsp3) is 0.273. The summed E-state index contributed by atoms with van der Waals surface area (Å²) in [7, 11) is 1.62. The van der Waals surface area contributed by atoms with Gasteiger partial charge in [0.05, 0.1) is 18.4 Å². The lowest BCUT2D eigenvalue weighted by Crippen LogP contribution is -2.45. The Bertz CT molecular complexity index is 968. The fourth-order valence-electron chi connectivity index (χ4n) is 3.65. The second-order valence-electron chi connectivity index (χ2n) is 7.03. The molecule has 2 N–H and O–H groups in total. The molecule has 2 heterocycles. The van der Waals surface area contributed by atoms with Gasteiger partial charge in [-0.15, -0.1) is 0 Å². The molecule has 0 saturated carbocycles. The van der Waals surface area contributed by atoms with E-state index in [1.165, 1.54) is 0 Å². The normalized spacial score (nSPS) is 16.8. The van der Waals surface area contributed by atoms with Crippen molar-refractivity contribution in [3.63, 3.8) is 0 Å². The molecule has 6 heteroatoms. The van der Waals surface area contributed by atoms with Gasteiger partial charge in [-0.3, -0.25) is 4.79 Å². The molecule has 6 nitrogen and oxygen atoms in total. The van der Waals surface area contributed by atoms with E-state index in [-0.39, 0.29) is 11.9 Å². The maximum absolute atomic E-state index is 13.4. The Hall–Kier alpha value is -3.12. The van der Waals surface area contributed by atoms with Gasteiger partial charge in [0.15, 0.2) is 0 Å². The van der Waals surface area contributed by atoms with Crippen LogP contribution in [-0.4, -0.2) is 46.8 Å². The van der Waals surface area contributed by atoms with E-state index < -0.39 is 0 Å². The molecule has 0 bridgehead atoms. The first kappa shape index (κ1) is 18.3. The Labute approximate surface area is 164 Å². The van der Waals surface area contributed by atoms with Gasteiger partial charge in [0.25, 0.3) is 5.91 Å². The number of rotatable bonds is 4. The molecule has 144 valence electrons. The summed E-state index contributed by atoms with van der Waals surface area (Å²) in [5.74, 6) is 0.642. The number of hydrogen-bond acceptors (Lipinski definition) is 4. The molecule has 0 spiro atoms. The molecule has 1 saturated heterocycles. The number of piperidine rings is 1. The summed E-state index contributed by atoms with van der Waals surface area (Å²) in [5.41, 5.74) is 8.96. The van der Waals surface area contributed by atoms with E-state index in [0.717, 1.165) is 24.1 Å². The summed E-state index contributed by atoms with van der Waals surface area (Å²) in [4.78, 5) is 15.2. The predicted octanol–water partition coefficient (Wildman–Crippen LogP) is 3.11. The molecule has 2 aromatic carbocycles. The van der Waals surface area contributed by atoms with E-state index in [1.54, 1.807) is 18.0 Å². The molecule has 28 heavy (non-hydrogen) atoms. The van der Waals surface area contributed by atoms with Crippen molar-refractivity contribution < 1.29 is 9.53 Å². The fourth-order valence-corrected chi connectivity index (χ4v) is 3.65. The minimum Gasteiger partial charge on any atom is -0.496 e. The van der Waals surface area contributed by atoms with Crippen molar-refractivity contribution in [3.8, 4) is 22.7 Å². The van der Waals surface area contributed by atoms with E-state index in [0.29, 0.717) is 30.1 Å². The van der Waals surface area contributed by atoms with Gasteiger partial charge in [0.1, 0.15) is 11.4 Å². The largest absolute Gasteiger partial charge is 0.496 e. The molecule has 1 atom stereocenters. The smallest absolute Gasteiger partial charge is 0.257 e. The Kier molecular flexibility index (Phi) is 5.12. The molecule has 3 aromatic rings. The van der Waals surface area contributed by atoms with Crippen molar-refractivity contribution in [2.24, 2.45) is 5.73 Å². The average Bonchev–Trinajstić information content (AvgIpc) is 3.19. The van der Waals surface area contributed by atoms with Crippen LogP contribution in [0.1, 0.15) is 23.2 Å². The Morgan fingerprint density at radius 3 is 2.64 bits per heavy atom. The van der Waals surface area contributed by atoms with Gasteiger partial charge in [-0.05, 0) is 37.1 Å². The lowest BCUT2D eigenvalue weighted by molar-refractivity contribution is 0.0709. The summed E-state index contributed by atoms with van der Waals surface area (Å²) in [5, 5.41) is 4.75. The highest BCUT2D eigenvalue weighted by Crippen LogP contribution is 2.32. The third-order valence-corrected chi connectivity index (χ3v) is 5.07. The van der Waals surface area contributed by atoms with Gasteiger partial charge in [-0.25, -0.2) is 4.68 Å². The number of carbonyl (C=O) groups excluding carboxylic acids is 1. The summed E-state index contributed by atoms with van der Waals surface area (Å²) < 4.78 is 7.27. The third-order valence-electron chi connectivity index (χ3n) is 5.07. The van der Waals surface area contributed by atoms with Crippen molar-refractivity contribution in [1.82, 2.24) is 14.7 Å². The molecular weight excluding hydrogens is 352 g/mol. The maximum atomic E-state index is 13.4. The van der Waals surface area contributed by atoms with Gasteiger partial charge >= 0.3 is 0 Å². The average molecular weight is 376 g/mol. The maximum Gasteiger partial charge on any atom is 0.257 e. The summed E-state index contributed by atoms with van der Waals surface area (Å²) in [6, 6.07) is 17.4. The van der Waals surface area contributed by atoms with Crippen LogP contribution in [0.5, 0.6) is 5.75 Å². The van der Waals surface area contributed by atoms with Gasteiger partial charge in [-0.1, -0.05) is 30.3 Å². The molecule has 1 fully saturated rings. The first-order chi connectivity index (χ1) is 13.7. The lowest BCUT2D eigenvalue weighted by Gasteiger charge is -2.30. The minimum absolute atomic E-state index is 0.0246. The topological polar surface area (TPSA) is 73.4 Å². The number of benzene rings is 2. The second-order valence-corrected chi connectivity index (χ2v) is 7.03. The summed E-state index contributed by atoms with van der Waals surface area (Å²) in [6.45, 7) is 1.29. The van der Waals surface area contributed by atoms with Crippen molar-refractivity contribution >= 4 is 5.91 Å². The first-order valence-corrected chi connectivity index (χ1v) is 9.50. The van der Waals surface area contributed by atoms with Gasteiger partial charge in [0.2, 0.25) is 0 Å². The zero-order valence-electron chi connectivity index (χ0n) is 15.9. The van der Waals surface area contributed by atoms with Crippen LogP contribution in [-0.2, 0) is 0 Å². The van der Waals surface area contributed by atoms with Crippen LogP contribution in [0.3, 0.4) is 0 Å². The Morgan fingerprint density at radius 1 is 1.14 bits per heavy atom. The van der Waals surface area contributed by atoms with Crippen LogP contribution in [0, 0.1) is 0 Å². The van der Waals surface area contributed by atoms with Crippen molar-refractivity contribution in [2.75, 3.05) is 20.2 Å². The number of carbonyl (C=O) groups is 1. The SMILES string of the molecule is COc1ccccc1-c1nn(-c2ccccc2)cc1C(=O)N1CCCC(N)C1. The zero-order valence-corrected chi connectivity index (χ0v) is 15.9. The molecule has 1 unspecified atom stereocenters. The molecule has 1 aliphatic heterocycles.